The molecule has 1 N–H and O–H groups in total. The van der Waals surface area contributed by atoms with E-state index < -0.39 is 6.09 Å². The second kappa shape index (κ2) is 6.17. The summed E-state index contributed by atoms with van der Waals surface area (Å²) in [5.41, 5.74) is 1.93. The summed E-state index contributed by atoms with van der Waals surface area (Å²) in [6, 6.07) is 6.39. The zero-order valence-corrected chi connectivity index (χ0v) is 12.2. The molecule has 0 spiro atoms. The van der Waals surface area contributed by atoms with E-state index in [9.17, 15) is 9.18 Å². The van der Waals surface area contributed by atoms with Gasteiger partial charge in [0.15, 0.2) is 0 Å². The molecule has 22 heavy (non-hydrogen) atoms. The maximum absolute atomic E-state index is 12.9. The van der Waals surface area contributed by atoms with Crippen molar-refractivity contribution >= 4 is 6.09 Å². The molecule has 1 aliphatic rings. The zero-order valence-electron chi connectivity index (χ0n) is 12.2. The van der Waals surface area contributed by atoms with Gasteiger partial charge in [-0.2, -0.15) is 0 Å². The quantitative estimate of drug-likeness (QED) is 0.948. The molecule has 2 aromatic rings. The average molecular weight is 303 g/mol. The van der Waals surface area contributed by atoms with E-state index in [0.29, 0.717) is 19.6 Å². The number of halogens is 1. The molecule has 1 fully saturated rings. The molecule has 1 atom stereocenters. The first kappa shape index (κ1) is 14.6. The molecule has 1 amide bonds. The van der Waals surface area contributed by atoms with Crippen molar-refractivity contribution in [1.29, 1.82) is 0 Å². The Bertz CT molecular complexity index is 654. The lowest BCUT2D eigenvalue weighted by Crippen LogP contribution is -2.38. The third kappa shape index (κ3) is 3.27. The van der Waals surface area contributed by atoms with Crippen LogP contribution in [0.5, 0.6) is 0 Å². The van der Waals surface area contributed by atoms with Crippen LogP contribution in [0.2, 0.25) is 0 Å². The van der Waals surface area contributed by atoms with Crippen LogP contribution in [0.25, 0.3) is 0 Å². The average Bonchev–Trinajstić information content (AvgIpc) is 2.98. The lowest BCUT2D eigenvalue weighted by atomic mass is 9.95. The van der Waals surface area contributed by atoms with E-state index in [-0.39, 0.29) is 11.7 Å². The van der Waals surface area contributed by atoms with E-state index in [1.807, 2.05) is 10.8 Å². The summed E-state index contributed by atoms with van der Waals surface area (Å²) in [5.74, 6) is -0.0923. The van der Waals surface area contributed by atoms with Gasteiger partial charge in [0, 0.05) is 31.7 Å². The Hall–Kier alpha value is -2.37. The van der Waals surface area contributed by atoms with Crippen molar-refractivity contribution in [3.8, 4) is 0 Å². The molecule has 1 aromatic carbocycles. The summed E-state index contributed by atoms with van der Waals surface area (Å²) in [6.45, 7) is 1.73. The Kier molecular flexibility index (Phi) is 4.09. The third-order valence-corrected chi connectivity index (χ3v) is 4.04. The van der Waals surface area contributed by atoms with E-state index in [0.717, 1.165) is 24.1 Å². The molecule has 3 rings (SSSR count). The number of hydrogen-bond donors (Lipinski definition) is 1. The maximum Gasteiger partial charge on any atom is 0.407 e. The largest absolute Gasteiger partial charge is 0.465 e. The standard InChI is InChI=1S/C16H18FN3O2/c17-14-5-3-12(4-6-14)8-19-10-15(18-11-19)13-2-1-7-20(9-13)16(21)22/h3-6,10-11,13H,1-2,7-9H2,(H,21,22)/t13-/m0/s1. The van der Waals surface area contributed by atoms with Gasteiger partial charge in [-0.25, -0.2) is 14.2 Å². The number of carboxylic acid groups (broad SMARTS) is 1. The van der Waals surface area contributed by atoms with Gasteiger partial charge in [-0.05, 0) is 30.5 Å². The number of piperidine rings is 1. The lowest BCUT2D eigenvalue weighted by Gasteiger charge is -2.29. The van der Waals surface area contributed by atoms with Gasteiger partial charge in [0.1, 0.15) is 5.82 Å². The van der Waals surface area contributed by atoms with Crippen LogP contribution >= 0.6 is 0 Å². The molecule has 5 nitrogen and oxygen atoms in total. The van der Waals surface area contributed by atoms with Crippen molar-refractivity contribution in [2.45, 2.75) is 25.3 Å². The number of hydrogen-bond acceptors (Lipinski definition) is 2. The third-order valence-electron chi connectivity index (χ3n) is 4.04. The summed E-state index contributed by atoms with van der Waals surface area (Å²) < 4.78 is 14.8. The number of amides is 1. The highest BCUT2D eigenvalue weighted by molar-refractivity contribution is 5.65. The fourth-order valence-corrected chi connectivity index (χ4v) is 2.87. The van der Waals surface area contributed by atoms with Gasteiger partial charge < -0.3 is 14.6 Å². The summed E-state index contributed by atoms with van der Waals surface area (Å²) in [6.07, 6.45) is 4.66. The van der Waals surface area contributed by atoms with Crippen LogP contribution in [0.15, 0.2) is 36.8 Å². The van der Waals surface area contributed by atoms with Gasteiger partial charge in [-0.1, -0.05) is 12.1 Å². The SMILES string of the molecule is O=C(O)N1CCC[C@H](c2cn(Cc3ccc(F)cc3)cn2)C1. The summed E-state index contributed by atoms with van der Waals surface area (Å²) in [7, 11) is 0. The Balaban J connectivity index is 1.68. The normalized spacial score (nSPS) is 18.4. The predicted molar refractivity (Wildman–Crippen MR) is 79.3 cm³/mol. The van der Waals surface area contributed by atoms with E-state index >= 15 is 0 Å². The molecule has 0 bridgehead atoms. The van der Waals surface area contributed by atoms with Crippen molar-refractivity contribution in [3.05, 3.63) is 53.9 Å². The molecule has 1 aromatic heterocycles. The predicted octanol–water partition coefficient (Wildman–Crippen LogP) is 2.93. The highest BCUT2D eigenvalue weighted by Crippen LogP contribution is 2.25. The van der Waals surface area contributed by atoms with E-state index in [1.54, 1.807) is 18.5 Å². The molecule has 0 unspecified atom stereocenters. The summed E-state index contributed by atoms with van der Waals surface area (Å²) >= 11 is 0. The molecule has 1 aliphatic heterocycles. The number of carbonyl (C=O) groups is 1. The Labute approximate surface area is 128 Å². The van der Waals surface area contributed by atoms with Crippen molar-refractivity contribution in [1.82, 2.24) is 14.5 Å². The van der Waals surface area contributed by atoms with Crippen molar-refractivity contribution < 1.29 is 14.3 Å². The van der Waals surface area contributed by atoms with Crippen LogP contribution in [0.3, 0.4) is 0 Å². The molecule has 6 heteroatoms. The monoisotopic (exact) mass is 303 g/mol. The minimum absolute atomic E-state index is 0.152. The smallest absolute Gasteiger partial charge is 0.407 e. The Morgan fingerprint density at radius 2 is 2.14 bits per heavy atom. The molecular weight excluding hydrogens is 285 g/mol. The van der Waals surface area contributed by atoms with Gasteiger partial charge in [0.2, 0.25) is 0 Å². The Morgan fingerprint density at radius 1 is 1.36 bits per heavy atom. The first-order valence-corrected chi connectivity index (χ1v) is 7.36. The fraction of sp³-hybridized carbons (Fsp3) is 0.375. The molecule has 1 saturated heterocycles. The number of benzene rings is 1. The minimum Gasteiger partial charge on any atom is -0.465 e. The first-order valence-electron chi connectivity index (χ1n) is 7.36. The van der Waals surface area contributed by atoms with Gasteiger partial charge in [0.05, 0.1) is 12.0 Å². The van der Waals surface area contributed by atoms with Crippen molar-refractivity contribution in [2.24, 2.45) is 0 Å². The van der Waals surface area contributed by atoms with Crippen LogP contribution in [0.4, 0.5) is 9.18 Å². The highest BCUT2D eigenvalue weighted by Gasteiger charge is 2.25. The minimum atomic E-state index is -0.865. The molecule has 116 valence electrons. The Morgan fingerprint density at radius 3 is 2.86 bits per heavy atom. The van der Waals surface area contributed by atoms with Gasteiger partial charge in [-0.3, -0.25) is 0 Å². The van der Waals surface area contributed by atoms with Gasteiger partial charge >= 0.3 is 6.09 Å². The molecule has 0 aliphatic carbocycles. The van der Waals surface area contributed by atoms with Gasteiger partial charge in [-0.15, -0.1) is 0 Å². The van der Waals surface area contributed by atoms with Crippen molar-refractivity contribution in [3.63, 3.8) is 0 Å². The summed E-state index contributed by atoms with van der Waals surface area (Å²) in [5, 5.41) is 9.10. The van der Waals surface area contributed by atoms with Crippen LogP contribution in [-0.2, 0) is 6.54 Å². The second-order valence-corrected chi connectivity index (χ2v) is 5.67. The first-order chi connectivity index (χ1) is 10.6. The van der Waals surface area contributed by atoms with Crippen LogP contribution in [-0.4, -0.2) is 38.7 Å². The van der Waals surface area contributed by atoms with Crippen LogP contribution in [0.1, 0.15) is 30.0 Å². The zero-order chi connectivity index (χ0) is 15.5. The second-order valence-electron chi connectivity index (χ2n) is 5.67. The molecular formula is C16H18FN3O2. The lowest BCUT2D eigenvalue weighted by molar-refractivity contribution is 0.130. The maximum atomic E-state index is 12.9. The van der Waals surface area contributed by atoms with Gasteiger partial charge in [0.25, 0.3) is 0 Å². The highest BCUT2D eigenvalue weighted by atomic mass is 19.1. The topological polar surface area (TPSA) is 58.4 Å². The molecule has 2 heterocycles. The van der Waals surface area contributed by atoms with Crippen LogP contribution < -0.4 is 0 Å². The fourth-order valence-electron chi connectivity index (χ4n) is 2.87. The molecule has 0 saturated carbocycles. The number of aromatic nitrogens is 2. The van der Waals surface area contributed by atoms with E-state index in [4.69, 9.17) is 5.11 Å². The van der Waals surface area contributed by atoms with Crippen molar-refractivity contribution in [2.75, 3.05) is 13.1 Å². The number of likely N-dealkylation sites (tertiary alicyclic amines) is 1. The number of imidazole rings is 1. The summed E-state index contributed by atoms with van der Waals surface area (Å²) in [4.78, 5) is 16.9. The van der Waals surface area contributed by atoms with Crippen LogP contribution in [0, 0.1) is 5.82 Å². The molecule has 0 radical (unpaired) electrons. The van der Waals surface area contributed by atoms with E-state index in [1.165, 1.54) is 17.0 Å². The number of nitrogens with zero attached hydrogens (tertiary/aromatic N) is 3. The van der Waals surface area contributed by atoms with E-state index in [2.05, 4.69) is 4.98 Å². The number of rotatable bonds is 3.